The number of aromatic nitrogens is 2. The Bertz CT molecular complexity index is 1130. The van der Waals surface area contributed by atoms with Gasteiger partial charge < -0.3 is 9.84 Å². The smallest absolute Gasteiger partial charge is 0.335 e. The highest BCUT2D eigenvalue weighted by molar-refractivity contribution is 9.10. The second-order valence-corrected chi connectivity index (χ2v) is 6.66. The van der Waals surface area contributed by atoms with Crippen LogP contribution in [-0.4, -0.2) is 20.6 Å². The Balaban J connectivity index is 1.93. The molecule has 144 valence electrons. The van der Waals surface area contributed by atoms with E-state index in [-0.39, 0.29) is 28.1 Å². The van der Waals surface area contributed by atoms with Gasteiger partial charge in [-0.1, -0.05) is 6.07 Å². The van der Waals surface area contributed by atoms with Gasteiger partial charge in [0.2, 0.25) is 5.88 Å². The van der Waals surface area contributed by atoms with E-state index in [4.69, 9.17) is 9.84 Å². The second kappa shape index (κ2) is 7.89. The topological polar surface area (TPSA) is 81.4 Å². The average molecular weight is 451 g/mol. The molecule has 28 heavy (non-hydrogen) atoms. The van der Waals surface area contributed by atoms with Crippen molar-refractivity contribution in [1.82, 2.24) is 9.55 Å². The van der Waals surface area contributed by atoms with Crippen LogP contribution in [0, 0.1) is 18.6 Å². The minimum atomic E-state index is -1.12. The molecular weight excluding hydrogens is 438 g/mol. The highest BCUT2D eigenvalue weighted by Gasteiger charge is 2.15. The average Bonchev–Trinajstić information content (AvgIpc) is 2.65. The third kappa shape index (κ3) is 3.94. The fourth-order valence-corrected chi connectivity index (χ4v) is 2.88. The van der Waals surface area contributed by atoms with Crippen molar-refractivity contribution in [1.29, 1.82) is 0 Å². The number of ether oxygens (including phenoxy) is 1. The minimum Gasteiger partial charge on any atom is -0.478 e. The number of hydrogen-bond acceptors (Lipinski definition) is 4. The molecule has 0 saturated heterocycles. The predicted octanol–water partition coefficient (Wildman–Crippen LogP) is 3.86. The van der Waals surface area contributed by atoms with Crippen LogP contribution in [0.2, 0.25) is 0 Å². The Kier molecular flexibility index (Phi) is 5.55. The summed E-state index contributed by atoms with van der Waals surface area (Å²) in [7, 11) is 0. The van der Waals surface area contributed by atoms with Gasteiger partial charge in [-0.05, 0) is 52.7 Å². The Morgan fingerprint density at radius 1 is 1.25 bits per heavy atom. The molecule has 0 bridgehead atoms. The lowest BCUT2D eigenvalue weighted by atomic mass is 10.1. The zero-order chi connectivity index (χ0) is 20.4. The van der Waals surface area contributed by atoms with Crippen molar-refractivity contribution in [2.45, 2.75) is 13.5 Å². The van der Waals surface area contributed by atoms with Crippen LogP contribution in [0.5, 0.6) is 5.88 Å². The molecule has 6 nitrogen and oxygen atoms in total. The molecule has 0 aliphatic rings. The van der Waals surface area contributed by atoms with E-state index < -0.39 is 23.2 Å². The van der Waals surface area contributed by atoms with Crippen molar-refractivity contribution < 1.29 is 23.4 Å². The summed E-state index contributed by atoms with van der Waals surface area (Å²) in [6.07, 6.45) is 1.19. The van der Waals surface area contributed by atoms with Gasteiger partial charge in [0.05, 0.1) is 11.3 Å². The first kappa shape index (κ1) is 19.7. The fourth-order valence-electron chi connectivity index (χ4n) is 2.48. The molecule has 0 atom stereocenters. The standard InChI is InChI=1S/C19H13BrF2N2O4/c1-10-2-3-11(19(26)27)6-15(10)24-9-23-17(16(20)18(24)25)28-8-12-4-5-13(21)7-14(12)22/h2-7,9H,8H2,1H3,(H,26,27). The Hall–Kier alpha value is -3.07. The largest absolute Gasteiger partial charge is 0.478 e. The van der Waals surface area contributed by atoms with E-state index in [0.29, 0.717) is 11.3 Å². The first-order chi connectivity index (χ1) is 13.3. The lowest BCUT2D eigenvalue weighted by Crippen LogP contribution is -2.21. The van der Waals surface area contributed by atoms with Gasteiger partial charge in [0, 0.05) is 11.6 Å². The van der Waals surface area contributed by atoms with Crippen molar-refractivity contribution >= 4 is 21.9 Å². The van der Waals surface area contributed by atoms with Crippen LogP contribution in [0.4, 0.5) is 8.78 Å². The summed E-state index contributed by atoms with van der Waals surface area (Å²) in [6.45, 7) is 1.47. The molecular formula is C19H13BrF2N2O4. The van der Waals surface area contributed by atoms with E-state index in [1.165, 1.54) is 29.1 Å². The molecule has 0 spiro atoms. The van der Waals surface area contributed by atoms with Gasteiger partial charge in [-0.3, -0.25) is 9.36 Å². The number of nitrogens with zero attached hydrogens (tertiary/aromatic N) is 2. The first-order valence-corrected chi connectivity index (χ1v) is 8.75. The Morgan fingerprint density at radius 2 is 2.00 bits per heavy atom. The number of carbonyl (C=O) groups is 1. The van der Waals surface area contributed by atoms with Crippen molar-refractivity contribution in [3.8, 4) is 11.6 Å². The van der Waals surface area contributed by atoms with Gasteiger partial charge in [0.1, 0.15) is 29.0 Å². The second-order valence-electron chi connectivity index (χ2n) is 5.87. The van der Waals surface area contributed by atoms with Gasteiger partial charge in [0.15, 0.2) is 0 Å². The maximum absolute atomic E-state index is 13.7. The van der Waals surface area contributed by atoms with E-state index in [2.05, 4.69) is 20.9 Å². The number of carboxylic acid groups (broad SMARTS) is 1. The number of aryl methyl sites for hydroxylation is 1. The third-order valence-corrected chi connectivity index (χ3v) is 4.66. The van der Waals surface area contributed by atoms with E-state index >= 15 is 0 Å². The van der Waals surface area contributed by atoms with Gasteiger partial charge >= 0.3 is 5.97 Å². The lowest BCUT2D eigenvalue weighted by molar-refractivity contribution is 0.0697. The summed E-state index contributed by atoms with van der Waals surface area (Å²) in [4.78, 5) is 27.9. The maximum Gasteiger partial charge on any atom is 0.335 e. The number of rotatable bonds is 5. The molecule has 0 amide bonds. The molecule has 1 N–H and O–H groups in total. The summed E-state index contributed by atoms with van der Waals surface area (Å²) >= 11 is 3.11. The fraction of sp³-hybridized carbons (Fsp3) is 0.105. The zero-order valence-electron chi connectivity index (χ0n) is 14.4. The first-order valence-electron chi connectivity index (χ1n) is 7.96. The van der Waals surface area contributed by atoms with Crippen molar-refractivity contribution in [2.75, 3.05) is 0 Å². The van der Waals surface area contributed by atoms with Crippen LogP contribution < -0.4 is 10.3 Å². The number of aromatic carboxylic acids is 1. The summed E-state index contributed by atoms with van der Waals surface area (Å²) in [6, 6.07) is 7.45. The van der Waals surface area contributed by atoms with Crippen LogP contribution in [0.3, 0.4) is 0 Å². The molecule has 3 rings (SSSR count). The molecule has 0 saturated carbocycles. The van der Waals surface area contributed by atoms with Crippen LogP contribution in [-0.2, 0) is 6.61 Å². The third-order valence-electron chi connectivity index (χ3n) is 3.98. The number of benzene rings is 2. The quantitative estimate of drug-likeness (QED) is 0.638. The molecule has 0 aliphatic carbocycles. The number of carboxylic acids is 1. The molecule has 3 aromatic rings. The summed E-state index contributed by atoms with van der Waals surface area (Å²) < 4.78 is 33.2. The SMILES string of the molecule is Cc1ccc(C(=O)O)cc1-n1cnc(OCc2ccc(F)cc2F)c(Br)c1=O. The van der Waals surface area contributed by atoms with Gasteiger partial charge in [-0.25, -0.2) is 18.6 Å². The molecule has 0 radical (unpaired) electrons. The minimum absolute atomic E-state index is 0.0161. The van der Waals surface area contributed by atoms with E-state index in [1.807, 2.05) is 0 Å². The van der Waals surface area contributed by atoms with Crippen molar-refractivity contribution in [2.24, 2.45) is 0 Å². The molecule has 1 aromatic heterocycles. The van der Waals surface area contributed by atoms with Crippen LogP contribution in [0.25, 0.3) is 5.69 Å². The summed E-state index contributed by atoms with van der Waals surface area (Å²) in [5, 5.41) is 9.15. The molecule has 0 unspecified atom stereocenters. The molecule has 0 fully saturated rings. The Labute approximate surface area is 166 Å². The van der Waals surface area contributed by atoms with Crippen LogP contribution >= 0.6 is 15.9 Å². The van der Waals surface area contributed by atoms with E-state index in [0.717, 1.165) is 12.1 Å². The number of hydrogen-bond donors (Lipinski definition) is 1. The normalized spacial score (nSPS) is 10.7. The maximum atomic E-state index is 13.7. The monoisotopic (exact) mass is 450 g/mol. The number of halogens is 3. The van der Waals surface area contributed by atoms with E-state index in [1.54, 1.807) is 13.0 Å². The summed E-state index contributed by atoms with van der Waals surface area (Å²) in [5.41, 5.74) is 0.618. The molecule has 0 aliphatic heterocycles. The van der Waals surface area contributed by atoms with Gasteiger partial charge in [-0.2, -0.15) is 0 Å². The van der Waals surface area contributed by atoms with Crippen molar-refractivity contribution in [3.05, 3.63) is 85.9 Å². The zero-order valence-corrected chi connectivity index (χ0v) is 16.0. The molecule has 2 aromatic carbocycles. The van der Waals surface area contributed by atoms with Crippen LogP contribution in [0.1, 0.15) is 21.5 Å². The summed E-state index contributed by atoms with van der Waals surface area (Å²) in [5.74, 6) is -2.67. The van der Waals surface area contributed by atoms with Crippen LogP contribution in [0.15, 0.2) is 52.0 Å². The molecule has 9 heteroatoms. The van der Waals surface area contributed by atoms with Gasteiger partial charge in [-0.15, -0.1) is 0 Å². The lowest BCUT2D eigenvalue weighted by Gasteiger charge is -2.12. The van der Waals surface area contributed by atoms with Crippen molar-refractivity contribution in [3.63, 3.8) is 0 Å². The van der Waals surface area contributed by atoms with Gasteiger partial charge in [0.25, 0.3) is 5.56 Å². The molecule has 1 heterocycles. The highest BCUT2D eigenvalue weighted by atomic mass is 79.9. The van der Waals surface area contributed by atoms with E-state index in [9.17, 15) is 18.4 Å². The highest BCUT2D eigenvalue weighted by Crippen LogP contribution is 2.22. The predicted molar refractivity (Wildman–Crippen MR) is 99.9 cm³/mol. The Morgan fingerprint density at radius 3 is 2.68 bits per heavy atom.